The number of hydrogen-bond donors (Lipinski definition) is 0. The number of nitrogens with zero attached hydrogens (tertiary/aromatic N) is 2. The third-order valence-corrected chi connectivity index (χ3v) is 5.85. The van der Waals surface area contributed by atoms with Gasteiger partial charge in [-0.2, -0.15) is 0 Å². The van der Waals surface area contributed by atoms with E-state index in [4.69, 9.17) is 0 Å². The van der Waals surface area contributed by atoms with Crippen LogP contribution in [0.2, 0.25) is 0 Å². The molecule has 2 aliphatic rings. The van der Waals surface area contributed by atoms with Crippen LogP contribution in [0.4, 0.5) is 0 Å². The first-order valence-electron chi connectivity index (χ1n) is 9.38. The molecule has 2 aromatic carbocycles. The molecular formula is C22H28N2. The van der Waals surface area contributed by atoms with Crippen molar-refractivity contribution in [2.75, 3.05) is 26.7 Å². The maximum Gasteiger partial charge on any atom is 0.0348 e. The smallest absolute Gasteiger partial charge is 0.0348 e. The molecule has 0 fully saturated rings. The van der Waals surface area contributed by atoms with Gasteiger partial charge in [0.15, 0.2) is 0 Å². The third-order valence-electron chi connectivity index (χ3n) is 5.85. The number of likely N-dealkylation sites (N-methyl/N-ethyl adjacent to an activating group) is 1. The lowest BCUT2D eigenvalue weighted by atomic mass is 9.87. The Hall–Kier alpha value is -1.64. The van der Waals surface area contributed by atoms with Crippen molar-refractivity contribution in [2.45, 2.75) is 38.3 Å². The van der Waals surface area contributed by atoms with Gasteiger partial charge in [-0.25, -0.2) is 0 Å². The Morgan fingerprint density at radius 1 is 0.958 bits per heavy atom. The SMILES string of the molecule is CN(CCN1CCc2ccccc2C1)[C@@H]1CCCc2ccccc21. The first kappa shape index (κ1) is 15.9. The average molecular weight is 320 g/mol. The second kappa shape index (κ2) is 7.08. The molecule has 4 rings (SSSR count). The van der Waals surface area contributed by atoms with Gasteiger partial charge in [0.05, 0.1) is 0 Å². The predicted molar refractivity (Wildman–Crippen MR) is 100 cm³/mol. The van der Waals surface area contributed by atoms with Crippen molar-refractivity contribution in [2.24, 2.45) is 0 Å². The van der Waals surface area contributed by atoms with Gasteiger partial charge in [-0.15, -0.1) is 0 Å². The van der Waals surface area contributed by atoms with E-state index >= 15 is 0 Å². The summed E-state index contributed by atoms with van der Waals surface area (Å²) in [6.45, 7) is 4.64. The summed E-state index contributed by atoms with van der Waals surface area (Å²) in [4.78, 5) is 5.20. The Labute approximate surface area is 146 Å². The molecule has 0 saturated heterocycles. The number of benzene rings is 2. The molecule has 1 heterocycles. The summed E-state index contributed by atoms with van der Waals surface area (Å²) in [5.74, 6) is 0. The van der Waals surface area contributed by atoms with Gasteiger partial charge in [0, 0.05) is 32.2 Å². The fourth-order valence-electron chi connectivity index (χ4n) is 4.39. The van der Waals surface area contributed by atoms with Crippen molar-refractivity contribution in [1.29, 1.82) is 0 Å². The van der Waals surface area contributed by atoms with E-state index in [1.807, 2.05) is 0 Å². The molecule has 0 saturated carbocycles. The molecule has 2 aromatic rings. The number of fused-ring (bicyclic) bond motifs is 2. The van der Waals surface area contributed by atoms with E-state index < -0.39 is 0 Å². The van der Waals surface area contributed by atoms with Crippen LogP contribution in [-0.2, 0) is 19.4 Å². The van der Waals surface area contributed by atoms with Crippen LogP contribution in [-0.4, -0.2) is 36.5 Å². The molecule has 0 amide bonds. The fraction of sp³-hybridized carbons (Fsp3) is 0.455. The highest BCUT2D eigenvalue weighted by molar-refractivity contribution is 5.32. The summed E-state index contributed by atoms with van der Waals surface area (Å²) in [6, 6.07) is 18.6. The van der Waals surface area contributed by atoms with Crippen molar-refractivity contribution in [3.05, 3.63) is 70.8 Å². The van der Waals surface area contributed by atoms with Gasteiger partial charge in [-0.05, 0) is 55.0 Å². The topological polar surface area (TPSA) is 6.48 Å². The van der Waals surface area contributed by atoms with E-state index in [9.17, 15) is 0 Å². The molecular weight excluding hydrogens is 292 g/mol. The van der Waals surface area contributed by atoms with Gasteiger partial charge in [-0.3, -0.25) is 9.80 Å². The molecule has 0 aromatic heterocycles. The Bertz CT molecular complexity index is 694. The standard InChI is InChI=1S/C22H28N2/c1-23(22-12-6-10-19-8-4-5-11-21(19)22)15-16-24-14-13-18-7-2-3-9-20(18)17-24/h2-5,7-9,11,22H,6,10,12-17H2,1H3/t22-/m1/s1. The van der Waals surface area contributed by atoms with Gasteiger partial charge in [0.2, 0.25) is 0 Å². The molecule has 0 unspecified atom stereocenters. The summed E-state index contributed by atoms with van der Waals surface area (Å²) in [5, 5.41) is 0. The van der Waals surface area contributed by atoms with Crippen molar-refractivity contribution >= 4 is 0 Å². The van der Waals surface area contributed by atoms with E-state index in [2.05, 4.69) is 65.4 Å². The lowest BCUT2D eigenvalue weighted by Crippen LogP contribution is -2.38. The lowest BCUT2D eigenvalue weighted by Gasteiger charge is -2.35. The predicted octanol–water partition coefficient (Wildman–Crippen LogP) is 4.05. The molecule has 1 atom stereocenters. The highest BCUT2D eigenvalue weighted by Crippen LogP contribution is 2.33. The number of hydrogen-bond acceptors (Lipinski definition) is 2. The zero-order valence-corrected chi connectivity index (χ0v) is 14.7. The minimum absolute atomic E-state index is 0.604. The molecule has 24 heavy (non-hydrogen) atoms. The Balaban J connectivity index is 1.37. The molecule has 0 bridgehead atoms. The van der Waals surface area contributed by atoms with Crippen LogP contribution in [0, 0.1) is 0 Å². The normalized spacial score (nSPS) is 20.7. The summed E-state index contributed by atoms with van der Waals surface area (Å²) in [7, 11) is 2.31. The second-order valence-corrected chi connectivity index (χ2v) is 7.38. The molecule has 1 aliphatic heterocycles. The first-order valence-corrected chi connectivity index (χ1v) is 9.38. The zero-order valence-electron chi connectivity index (χ0n) is 14.7. The molecule has 1 aliphatic carbocycles. The van der Waals surface area contributed by atoms with Crippen molar-refractivity contribution in [3.63, 3.8) is 0 Å². The average Bonchev–Trinajstić information content (AvgIpc) is 2.65. The minimum Gasteiger partial charge on any atom is -0.298 e. The summed E-state index contributed by atoms with van der Waals surface area (Å²) >= 11 is 0. The quantitative estimate of drug-likeness (QED) is 0.838. The minimum atomic E-state index is 0.604. The maximum absolute atomic E-state index is 2.62. The monoisotopic (exact) mass is 320 g/mol. The van der Waals surface area contributed by atoms with Crippen molar-refractivity contribution in [1.82, 2.24) is 9.80 Å². The van der Waals surface area contributed by atoms with E-state index in [0.29, 0.717) is 6.04 Å². The Morgan fingerprint density at radius 3 is 2.58 bits per heavy atom. The molecule has 2 heteroatoms. The molecule has 2 nitrogen and oxygen atoms in total. The number of rotatable bonds is 4. The van der Waals surface area contributed by atoms with Gasteiger partial charge >= 0.3 is 0 Å². The third kappa shape index (κ3) is 3.26. The Kier molecular flexibility index (Phi) is 4.68. The highest BCUT2D eigenvalue weighted by atomic mass is 15.2. The Morgan fingerprint density at radius 2 is 1.71 bits per heavy atom. The maximum atomic E-state index is 2.62. The molecule has 126 valence electrons. The summed E-state index contributed by atoms with van der Waals surface area (Å²) in [6.07, 6.45) is 5.08. The second-order valence-electron chi connectivity index (χ2n) is 7.38. The van der Waals surface area contributed by atoms with Crippen LogP contribution in [0.3, 0.4) is 0 Å². The first-order chi connectivity index (χ1) is 11.8. The highest BCUT2D eigenvalue weighted by Gasteiger charge is 2.24. The van der Waals surface area contributed by atoms with Crippen LogP contribution in [0.15, 0.2) is 48.5 Å². The van der Waals surface area contributed by atoms with Gasteiger partial charge in [0.25, 0.3) is 0 Å². The van der Waals surface area contributed by atoms with Gasteiger partial charge < -0.3 is 0 Å². The van der Waals surface area contributed by atoms with Gasteiger partial charge in [-0.1, -0.05) is 48.5 Å². The van der Waals surface area contributed by atoms with Crippen LogP contribution in [0.25, 0.3) is 0 Å². The fourth-order valence-corrected chi connectivity index (χ4v) is 4.39. The van der Waals surface area contributed by atoms with E-state index in [0.717, 1.165) is 13.1 Å². The van der Waals surface area contributed by atoms with E-state index in [1.165, 1.54) is 44.3 Å². The van der Waals surface area contributed by atoms with E-state index in [1.54, 1.807) is 16.7 Å². The van der Waals surface area contributed by atoms with Crippen LogP contribution in [0.1, 0.15) is 41.1 Å². The molecule has 0 radical (unpaired) electrons. The van der Waals surface area contributed by atoms with Crippen LogP contribution >= 0.6 is 0 Å². The zero-order chi connectivity index (χ0) is 16.4. The van der Waals surface area contributed by atoms with Crippen molar-refractivity contribution in [3.8, 4) is 0 Å². The van der Waals surface area contributed by atoms with Crippen molar-refractivity contribution < 1.29 is 0 Å². The number of aryl methyl sites for hydroxylation is 1. The molecule has 0 spiro atoms. The largest absolute Gasteiger partial charge is 0.298 e. The lowest BCUT2D eigenvalue weighted by molar-refractivity contribution is 0.169. The molecule has 0 N–H and O–H groups in total. The van der Waals surface area contributed by atoms with Crippen LogP contribution < -0.4 is 0 Å². The van der Waals surface area contributed by atoms with E-state index in [-0.39, 0.29) is 0 Å². The summed E-state index contributed by atoms with van der Waals surface area (Å²) < 4.78 is 0. The summed E-state index contributed by atoms with van der Waals surface area (Å²) in [5.41, 5.74) is 6.19. The van der Waals surface area contributed by atoms with Crippen LogP contribution in [0.5, 0.6) is 0 Å². The van der Waals surface area contributed by atoms with Gasteiger partial charge in [0.1, 0.15) is 0 Å².